The van der Waals surface area contributed by atoms with E-state index in [1.54, 1.807) is 0 Å². The van der Waals surface area contributed by atoms with Gasteiger partial charge in [-0.2, -0.15) is 5.10 Å². The van der Waals surface area contributed by atoms with Crippen molar-refractivity contribution in [2.45, 2.75) is 30.5 Å². The predicted molar refractivity (Wildman–Crippen MR) is 118 cm³/mol. The first kappa shape index (κ1) is 21.8. The third-order valence-electron chi connectivity index (χ3n) is 3.45. The highest BCUT2D eigenvalue weighted by Crippen LogP contribution is 2.22. The molecule has 7 heteroatoms. The molecule has 5 nitrogen and oxygen atoms in total. The number of guanidine groups is 1. The van der Waals surface area contributed by atoms with E-state index >= 15 is 0 Å². The summed E-state index contributed by atoms with van der Waals surface area (Å²) in [6.45, 7) is 6.73. The molecule has 138 valence electrons. The Hall–Kier alpha value is -1.22. The van der Waals surface area contributed by atoms with Gasteiger partial charge in [0.05, 0.1) is 12.7 Å². The lowest BCUT2D eigenvalue weighted by molar-refractivity contribution is 0.477. The number of nitrogens with zero attached hydrogens (tertiary/aromatic N) is 4. The lowest BCUT2D eigenvalue weighted by Crippen LogP contribution is -2.38. The summed E-state index contributed by atoms with van der Waals surface area (Å²) < 4.78 is 1.83. The topological polar surface area (TPSA) is 45.5 Å². The van der Waals surface area contributed by atoms with Gasteiger partial charge in [0.1, 0.15) is 0 Å². The first-order chi connectivity index (χ1) is 11.6. The van der Waals surface area contributed by atoms with Gasteiger partial charge < -0.3 is 10.2 Å². The van der Waals surface area contributed by atoms with Crippen LogP contribution >= 0.6 is 35.7 Å². The zero-order chi connectivity index (χ0) is 17.4. The van der Waals surface area contributed by atoms with Crippen molar-refractivity contribution in [3.63, 3.8) is 0 Å². The minimum Gasteiger partial charge on any atom is -0.357 e. The van der Waals surface area contributed by atoms with Crippen LogP contribution in [0.1, 0.15) is 19.4 Å². The largest absolute Gasteiger partial charge is 0.357 e. The van der Waals surface area contributed by atoms with Crippen LogP contribution in [0, 0.1) is 0 Å². The molecule has 1 atom stereocenters. The van der Waals surface area contributed by atoms with E-state index in [1.165, 1.54) is 10.5 Å². The second-order valence-electron chi connectivity index (χ2n) is 5.81. The molecule has 0 saturated carbocycles. The number of benzene rings is 1. The molecule has 1 unspecified atom stereocenters. The zero-order valence-corrected chi connectivity index (χ0v) is 18.5. The molecule has 0 fully saturated rings. The molecule has 0 aliphatic carbocycles. The molecule has 2 aromatic rings. The Balaban J connectivity index is 0.00000312. The molecule has 1 N–H and O–H groups in total. The predicted octanol–water partition coefficient (Wildman–Crippen LogP) is 3.62. The molecular weight excluding hydrogens is 445 g/mol. The van der Waals surface area contributed by atoms with Crippen LogP contribution in [0.3, 0.4) is 0 Å². The van der Waals surface area contributed by atoms with E-state index in [4.69, 9.17) is 4.99 Å². The van der Waals surface area contributed by atoms with E-state index in [0.717, 1.165) is 25.6 Å². The van der Waals surface area contributed by atoms with Crippen LogP contribution < -0.4 is 5.32 Å². The summed E-state index contributed by atoms with van der Waals surface area (Å²) in [4.78, 5) is 8.22. The maximum atomic E-state index is 4.80. The Kier molecular flexibility index (Phi) is 9.96. The summed E-state index contributed by atoms with van der Waals surface area (Å²) in [6, 6.07) is 10.5. The highest BCUT2D eigenvalue weighted by molar-refractivity contribution is 14.0. The van der Waals surface area contributed by atoms with Gasteiger partial charge in [-0.25, -0.2) is 0 Å². The van der Waals surface area contributed by atoms with Gasteiger partial charge in [-0.15, -0.1) is 35.7 Å². The van der Waals surface area contributed by atoms with Crippen molar-refractivity contribution in [3.8, 4) is 0 Å². The summed E-state index contributed by atoms with van der Waals surface area (Å²) in [5.74, 6) is 0.932. The van der Waals surface area contributed by atoms with E-state index in [2.05, 4.69) is 60.5 Å². The zero-order valence-electron chi connectivity index (χ0n) is 15.3. The van der Waals surface area contributed by atoms with E-state index in [-0.39, 0.29) is 24.0 Å². The van der Waals surface area contributed by atoms with Gasteiger partial charge >= 0.3 is 0 Å². The highest BCUT2D eigenvalue weighted by Gasteiger charge is 2.09. The van der Waals surface area contributed by atoms with Gasteiger partial charge in [-0.05, 0) is 19.1 Å². The molecule has 25 heavy (non-hydrogen) atoms. The number of aliphatic imine (C=N–C) groups is 1. The summed E-state index contributed by atoms with van der Waals surface area (Å²) in [7, 11) is 3.99. The van der Waals surface area contributed by atoms with E-state index in [1.807, 2.05) is 42.0 Å². The molecular formula is C18H28IN5S. The molecule has 1 aromatic carbocycles. The Bertz CT molecular complexity index is 644. The summed E-state index contributed by atoms with van der Waals surface area (Å²) in [5, 5.41) is 8.01. The Morgan fingerprint density at radius 2 is 2.08 bits per heavy atom. The SMILES string of the molecule is CCNC(=NCC(C)Sc1ccccc1)N(C)Cc1cnn(C)c1.I. The van der Waals surface area contributed by atoms with Crippen molar-refractivity contribution in [3.05, 3.63) is 48.3 Å². The van der Waals surface area contributed by atoms with Crippen molar-refractivity contribution >= 4 is 41.7 Å². The Morgan fingerprint density at radius 1 is 1.36 bits per heavy atom. The first-order valence-electron chi connectivity index (χ1n) is 8.27. The standard InChI is InChI=1S/C18H27N5S.HI/c1-5-19-18(22(3)13-16-12-21-23(4)14-16)20-11-15(2)24-17-9-7-6-8-10-17;/h6-10,12,14-15H,5,11,13H2,1-4H3,(H,19,20);1H. The van der Waals surface area contributed by atoms with Crippen LogP contribution in [0.15, 0.2) is 52.6 Å². The normalized spacial score (nSPS) is 12.4. The van der Waals surface area contributed by atoms with E-state index < -0.39 is 0 Å². The molecule has 2 rings (SSSR count). The molecule has 1 heterocycles. The fourth-order valence-corrected chi connectivity index (χ4v) is 3.28. The first-order valence-corrected chi connectivity index (χ1v) is 9.15. The van der Waals surface area contributed by atoms with Crippen LogP contribution in [-0.4, -0.2) is 46.0 Å². The maximum Gasteiger partial charge on any atom is 0.193 e. The van der Waals surface area contributed by atoms with Gasteiger partial charge in [0.15, 0.2) is 5.96 Å². The van der Waals surface area contributed by atoms with Gasteiger partial charge in [0, 0.05) is 49.1 Å². The van der Waals surface area contributed by atoms with Gasteiger partial charge in [0.25, 0.3) is 0 Å². The number of aromatic nitrogens is 2. The smallest absolute Gasteiger partial charge is 0.193 e. The minimum absolute atomic E-state index is 0. The lowest BCUT2D eigenvalue weighted by Gasteiger charge is -2.22. The molecule has 0 aliphatic heterocycles. The van der Waals surface area contributed by atoms with Gasteiger partial charge in [-0.1, -0.05) is 25.1 Å². The average molecular weight is 473 g/mol. The fraction of sp³-hybridized carbons (Fsp3) is 0.444. The third-order valence-corrected chi connectivity index (χ3v) is 4.55. The average Bonchev–Trinajstić information content (AvgIpc) is 2.97. The number of nitrogens with one attached hydrogen (secondary N) is 1. The van der Waals surface area contributed by atoms with Crippen LogP contribution in [0.5, 0.6) is 0 Å². The second-order valence-corrected chi connectivity index (χ2v) is 7.33. The summed E-state index contributed by atoms with van der Waals surface area (Å²) in [6.07, 6.45) is 3.93. The van der Waals surface area contributed by atoms with Crippen molar-refractivity contribution in [1.82, 2.24) is 20.0 Å². The highest BCUT2D eigenvalue weighted by atomic mass is 127. The monoisotopic (exact) mass is 473 g/mol. The molecule has 0 bridgehead atoms. The Labute approximate surface area is 172 Å². The minimum atomic E-state index is 0. The second kappa shape index (κ2) is 11.4. The number of hydrogen-bond acceptors (Lipinski definition) is 3. The van der Waals surface area contributed by atoms with Crippen molar-refractivity contribution in [2.75, 3.05) is 20.1 Å². The molecule has 0 saturated heterocycles. The van der Waals surface area contributed by atoms with Crippen LogP contribution in [0.2, 0.25) is 0 Å². The molecule has 0 radical (unpaired) electrons. The van der Waals surface area contributed by atoms with Crippen LogP contribution in [-0.2, 0) is 13.6 Å². The number of halogens is 1. The molecule has 0 spiro atoms. The van der Waals surface area contributed by atoms with Gasteiger partial charge in [-0.3, -0.25) is 9.67 Å². The molecule has 0 aliphatic rings. The van der Waals surface area contributed by atoms with E-state index in [9.17, 15) is 0 Å². The third kappa shape index (κ3) is 7.68. The summed E-state index contributed by atoms with van der Waals surface area (Å²) >= 11 is 1.86. The number of hydrogen-bond donors (Lipinski definition) is 1. The lowest BCUT2D eigenvalue weighted by atomic mass is 10.3. The van der Waals surface area contributed by atoms with Crippen molar-refractivity contribution in [1.29, 1.82) is 0 Å². The van der Waals surface area contributed by atoms with Crippen molar-refractivity contribution < 1.29 is 0 Å². The number of aryl methyl sites for hydroxylation is 1. The number of rotatable bonds is 7. The van der Waals surface area contributed by atoms with Crippen LogP contribution in [0.4, 0.5) is 0 Å². The quantitative estimate of drug-likeness (QED) is 0.289. The van der Waals surface area contributed by atoms with Gasteiger partial charge in [0.2, 0.25) is 0 Å². The Morgan fingerprint density at radius 3 is 2.68 bits per heavy atom. The summed E-state index contributed by atoms with van der Waals surface area (Å²) in [5.41, 5.74) is 1.18. The van der Waals surface area contributed by atoms with E-state index in [0.29, 0.717) is 5.25 Å². The fourth-order valence-electron chi connectivity index (χ4n) is 2.36. The van der Waals surface area contributed by atoms with Crippen molar-refractivity contribution in [2.24, 2.45) is 12.0 Å². The maximum absolute atomic E-state index is 4.80. The number of thioether (sulfide) groups is 1. The molecule has 0 amide bonds. The van der Waals surface area contributed by atoms with Crippen LogP contribution in [0.25, 0.3) is 0 Å². The molecule has 1 aromatic heterocycles.